The van der Waals surface area contributed by atoms with Crippen LogP contribution in [0.1, 0.15) is 25.8 Å². The Morgan fingerprint density at radius 1 is 1.33 bits per heavy atom. The summed E-state index contributed by atoms with van der Waals surface area (Å²) >= 11 is 0. The van der Waals surface area contributed by atoms with Crippen molar-refractivity contribution in [3.8, 4) is 5.75 Å². The molecule has 0 heterocycles. The maximum Gasteiger partial charge on any atom is 0.121 e. The van der Waals surface area contributed by atoms with Crippen molar-refractivity contribution in [3.05, 3.63) is 23.8 Å². The van der Waals surface area contributed by atoms with Gasteiger partial charge in [0.2, 0.25) is 0 Å². The molecule has 4 heteroatoms. The highest BCUT2D eigenvalue weighted by molar-refractivity contribution is 5.47. The van der Waals surface area contributed by atoms with E-state index in [0.29, 0.717) is 6.04 Å². The summed E-state index contributed by atoms with van der Waals surface area (Å²) < 4.78 is 5.22. The van der Waals surface area contributed by atoms with Crippen molar-refractivity contribution < 1.29 is 9.84 Å². The van der Waals surface area contributed by atoms with Crippen molar-refractivity contribution in [2.45, 2.75) is 32.9 Å². The molecule has 0 aromatic heterocycles. The largest absolute Gasteiger partial charge is 0.497 e. The minimum atomic E-state index is 0.226. The topological polar surface area (TPSA) is 58.7 Å². The van der Waals surface area contributed by atoms with E-state index in [1.54, 1.807) is 7.11 Å². The average molecular weight is 252 g/mol. The number of nitrogens with two attached hydrogens (primary N) is 1. The van der Waals surface area contributed by atoms with Gasteiger partial charge in [0.25, 0.3) is 0 Å². The number of ether oxygens (including phenoxy) is 1. The van der Waals surface area contributed by atoms with Gasteiger partial charge in [-0.25, -0.2) is 0 Å². The number of benzene rings is 1. The van der Waals surface area contributed by atoms with Crippen molar-refractivity contribution in [1.29, 1.82) is 0 Å². The minimum Gasteiger partial charge on any atom is -0.497 e. The molecule has 0 spiro atoms. The molecule has 0 atom stereocenters. The van der Waals surface area contributed by atoms with Crippen LogP contribution in [0.2, 0.25) is 0 Å². The van der Waals surface area contributed by atoms with E-state index in [1.165, 1.54) is 0 Å². The van der Waals surface area contributed by atoms with Crippen LogP contribution in [-0.2, 0) is 6.54 Å². The molecule has 3 N–H and O–H groups in total. The zero-order chi connectivity index (χ0) is 13.5. The Hall–Kier alpha value is -1.26. The molecule has 1 aromatic rings. The van der Waals surface area contributed by atoms with Crippen LogP contribution in [0.25, 0.3) is 0 Å². The van der Waals surface area contributed by atoms with Crippen molar-refractivity contribution >= 4 is 5.69 Å². The molecule has 0 bridgehead atoms. The monoisotopic (exact) mass is 252 g/mol. The summed E-state index contributed by atoms with van der Waals surface area (Å²) in [5.41, 5.74) is 7.70. The second-order valence-electron chi connectivity index (χ2n) is 4.76. The molecule has 4 nitrogen and oxygen atoms in total. The predicted molar refractivity (Wildman–Crippen MR) is 74.7 cm³/mol. The Bertz CT molecular complexity index is 367. The fourth-order valence-electron chi connectivity index (χ4n) is 1.92. The Kier molecular flexibility index (Phi) is 5.95. The van der Waals surface area contributed by atoms with Crippen LogP contribution in [0.3, 0.4) is 0 Å². The van der Waals surface area contributed by atoms with E-state index in [0.717, 1.165) is 36.5 Å². The molecule has 0 unspecified atom stereocenters. The van der Waals surface area contributed by atoms with Gasteiger partial charge >= 0.3 is 0 Å². The number of rotatable bonds is 7. The molecule has 1 aromatic carbocycles. The predicted octanol–water partition coefficient (Wildman–Crippen LogP) is 1.87. The third-order valence-electron chi connectivity index (χ3n) is 2.94. The van der Waals surface area contributed by atoms with Crippen LogP contribution in [-0.4, -0.2) is 36.3 Å². The summed E-state index contributed by atoms with van der Waals surface area (Å²) in [4.78, 5) is 2.31. The first-order valence-electron chi connectivity index (χ1n) is 6.35. The lowest BCUT2D eigenvalue weighted by Gasteiger charge is -2.26. The van der Waals surface area contributed by atoms with E-state index < -0.39 is 0 Å². The zero-order valence-electron chi connectivity index (χ0n) is 11.5. The van der Waals surface area contributed by atoms with E-state index in [4.69, 9.17) is 15.6 Å². The molecular weight excluding hydrogens is 228 g/mol. The lowest BCUT2D eigenvalue weighted by atomic mass is 10.1. The fourth-order valence-corrected chi connectivity index (χ4v) is 1.92. The van der Waals surface area contributed by atoms with Crippen molar-refractivity contribution in [2.24, 2.45) is 0 Å². The normalized spacial score (nSPS) is 11.2. The summed E-state index contributed by atoms with van der Waals surface area (Å²) in [5, 5.41) is 8.92. The molecule has 0 aliphatic carbocycles. The Morgan fingerprint density at radius 3 is 2.61 bits per heavy atom. The van der Waals surface area contributed by atoms with Gasteiger partial charge in [-0.15, -0.1) is 0 Å². The van der Waals surface area contributed by atoms with E-state index in [-0.39, 0.29) is 6.61 Å². The second kappa shape index (κ2) is 7.24. The van der Waals surface area contributed by atoms with Crippen molar-refractivity contribution in [2.75, 3.05) is 26.0 Å². The van der Waals surface area contributed by atoms with Gasteiger partial charge < -0.3 is 15.6 Å². The van der Waals surface area contributed by atoms with Crippen LogP contribution in [0.5, 0.6) is 5.75 Å². The Balaban J connectivity index is 2.76. The summed E-state index contributed by atoms with van der Waals surface area (Å²) in [5.74, 6) is 0.788. The number of nitrogens with zero attached hydrogens (tertiary/aromatic N) is 1. The third kappa shape index (κ3) is 4.55. The zero-order valence-corrected chi connectivity index (χ0v) is 11.5. The molecule has 102 valence electrons. The highest BCUT2D eigenvalue weighted by Crippen LogP contribution is 2.20. The number of hydrogen-bond acceptors (Lipinski definition) is 4. The van der Waals surface area contributed by atoms with Gasteiger partial charge in [0.15, 0.2) is 0 Å². The second-order valence-corrected chi connectivity index (χ2v) is 4.76. The van der Waals surface area contributed by atoms with Crippen LogP contribution in [0.15, 0.2) is 18.2 Å². The summed E-state index contributed by atoms with van der Waals surface area (Å²) in [6.45, 7) is 6.23. The van der Waals surface area contributed by atoms with Gasteiger partial charge in [0.1, 0.15) is 5.75 Å². The van der Waals surface area contributed by atoms with E-state index in [2.05, 4.69) is 18.7 Å². The third-order valence-corrected chi connectivity index (χ3v) is 2.94. The molecule has 0 saturated carbocycles. The lowest BCUT2D eigenvalue weighted by Crippen LogP contribution is -2.31. The quantitative estimate of drug-likeness (QED) is 0.727. The lowest BCUT2D eigenvalue weighted by molar-refractivity contribution is 0.184. The first-order valence-corrected chi connectivity index (χ1v) is 6.35. The molecule has 0 amide bonds. The molecule has 0 fully saturated rings. The Morgan fingerprint density at radius 2 is 2.06 bits per heavy atom. The molecule has 0 radical (unpaired) electrons. The average Bonchev–Trinajstić information content (AvgIpc) is 2.33. The fraction of sp³-hybridized carbons (Fsp3) is 0.571. The van der Waals surface area contributed by atoms with Crippen molar-refractivity contribution in [1.82, 2.24) is 4.90 Å². The smallest absolute Gasteiger partial charge is 0.121 e. The number of anilines is 1. The van der Waals surface area contributed by atoms with Gasteiger partial charge in [-0.1, -0.05) is 0 Å². The molecule has 18 heavy (non-hydrogen) atoms. The van der Waals surface area contributed by atoms with Gasteiger partial charge in [-0.3, -0.25) is 4.90 Å². The highest BCUT2D eigenvalue weighted by atomic mass is 16.5. The maximum absolute atomic E-state index is 8.92. The van der Waals surface area contributed by atoms with Crippen molar-refractivity contribution in [3.63, 3.8) is 0 Å². The highest BCUT2D eigenvalue weighted by Gasteiger charge is 2.10. The number of hydrogen-bond donors (Lipinski definition) is 2. The van der Waals surface area contributed by atoms with Gasteiger partial charge in [0, 0.05) is 37.5 Å². The van der Waals surface area contributed by atoms with Gasteiger partial charge in [-0.05, 0) is 38.0 Å². The van der Waals surface area contributed by atoms with Crippen LogP contribution < -0.4 is 10.5 Å². The number of aliphatic hydroxyl groups excluding tert-OH is 1. The Labute approximate surface area is 109 Å². The van der Waals surface area contributed by atoms with Gasteiger partial charge in [0.05, 0.1) is 7.11 Å². The SMILES string of the molecule is COc1cc(N)cc(CN(CCCO)C(C)C)c1. The molecule has 0 aliphatic rings. The number of methoxy groups -OCH3 is 1. The first-order chi connectivity index (χ1) is 8.56. The molecule has 0 saturated heterocycles. The first kappa shape index (κ1) is 14.8. The summed E-state index contributed by atoms with van der Waals surface area (Å²) in [6.07, 6.45) is 0.789. The summed E-state index contributed by atoms with van der Waals surface area (Å²) in [7, 11) is 1.64. The molecular formula is C14H24N2O2. The summed E-state index contributed by atoms with van der Waals surface area (Å²) in [6, 6.07) is 6.22. The standard InChI is InChI=1S/C14H24N2O2/c1-11(2)16(5-4-6-17)10-12-7-13(15)9-14(8-12)18-3/h7-9,11,17H,4-6,10,15H2,1-3H3. The molecule has 1 rings (SSSR count). The number of nitrogen functional groups attached to an aromatic ring is 1. The minimum absolute atomic E-state index is 0.226. The van der Waals surface area contributed by atoms with E-state index in [9.17, 15) is 0 Å². The number of aliphatic hydroxyl groups is 1. The van der Waals surface area contributed by atoms with E-state index >= 15 is 0 Å². The van der Waals surface area contributed by atoms with Crippen LogP contribution in [0.4, 0.5) is 5.69 Å². The van der Waals surface area contributed by atoms with Crippen LogP contribution in [0, 0.1) is 0 Å². The van der Waals surface area contributed by atoms with Gasteiger partial charge in [-0.2, -0.15) is 0 Å². The maximum atomic E-state index is 8.92. The molecule has 0 aliphatic heterocycles. The van der Waals surface area contributed by atoms with E-state index in [1.807, 2.05) is 18.2 Å². The van der Waals surface area contributed by atoms with Crippen LogP contribution >= 0.6 is 0 Å².